The minimum Gasteiger partial charge on any atom is -0.336 e. The van der Waals surface area contributed by atoms with Gasteiger partial charge >= 0.3 is 6.03 Å². The first kappa shape index (κ1) is 12.3. The van der Waals surface area contributed by atoms with E-state index in [-0.39, 0.29) is 12.1 Å². The summed E-state index contributed by atoms with van der Waals surface area (Å²) in [6, 6.07) is 0.811. The molecule has 1 rings (SSSR count). The molecule has 1 heterocycles. The number of piperazine rings is 1. The Labute approximate surface area is 92.6 Å². The second-order valence-corrected chi connectivity index (χ2v) is 4.59. The molecule has 1 N–H and O–H groups in total. The number of amides is 2. The molecule has 4 heteroatoms. The van der Waals surface area contributed by atoms with Crippen LogP contribution in [0, 0.1) is 0 Å². The quantitative estimate of drug-likeness (QED) is 0.746. The highest BCUT2D eigenvalue weighted by Gasteiger charge is 2.25. The number of hydrogen-bond donors (Lipinski definition) is 1. The fraction of sp³-hybridized carbons (Fsp3) is 0.909. The van der Waals surface area contributed by atoms with Crippen molar-refractivity contribution >= 4 is 6.03 Å². The Balaban J connectivity index is 2.47. The van der Waals surface area contributed by atoms with Crippen molar-refractivity contribution in [2.75, 3.05) is 26.7 Å². The molecule has 0 bridgehead atoms. The molecule has 1 aliphatic heterocycles. The molecule has 0 radical (unpaired) electrons. The zero-order chi connectivity index (χ0) is 11.4. The Bertz CT molecular complexity index is 218. The van der Waals surface area contributed by atoms with Crippen LogP contribution in [0.4, 0.5) is 4.79 Å². The van der Waals surface area contributed by atoms with E-state index < -0.39 is 0 Å². The molecule has 0 aromatic heterocycles. The lowest BCUT2D eigenvalue weighted by Crippen LogP contribution is -2.56. The lowest BCUT2D eigenvalue weighted by atomic mass is 10.1. The number of urea groups is 1. The van der Waals surface area contributed by atoms with E-state index in [1.165, 1.54) is 0 Å². The molecule has 1 aliphatic rings. The minimum absolute atomic E-state index is 0.0801. The summed E-state index contributed by atoms with van der Waals surface area (Å²) in [5, 5.41) is 2.94. The number of rotatable bonds is 2. The molecule has 0 saturated carbocycles. The molecular weight excluding hydrogens is 190 g/mol. The van der Waals surface area contributed by atoms with Gasteiger partial charge in [-0.3, -0.25) is 4.90 Å². The number of carbonyl (C=O) groups excluding carboxylic acids is 1. The SMILES string of the molecule is CCC1CN(C(=O)NC(C)C)CCN1C. The summed E-state index contributed by atoms with van der Waals surface area (Å²) in [6.45, 7) is 8.82. The zero-order valence-electron chi connectivity index (χ0n) is 10.3. The van der Waals surface area contributed by atoms with Gasteiger partial charge in [-0.2, -0.15) is 0 Å². The van der Waals surface area contributed by atoms with Gasteiger partial charge in [0.1, 0.15) is 0 Å². The minimum atomic E-state index is 0.0801. The molecule has 4 nitrogen and oxygen atoms in total. The summed E-state index contributed by atoms with van der Waals surface area (Å²) in [4.78, 5) is 16.0. The van der Waals surface area contributed by atoms with Gasteiger partial charge in [-0.25, -0.2) is 4.79 Å². The summed E-state index contributed by atoms with van der Waals surface area (Å²) >= 11 is 0. The molecule has 0 aromatic rings. The molecule has 2 amide bonds. The number of carbonyl (C=O) groups is 1. The molecular formula is C11H23N3O. The predicted molar refractivity (Wildman–Crippen MR) is 61.9 cm³/mol. The average molecular weight is 213 g/mol. The number of likely N-dealkylation sites (N-methyl/N-ethyl adjacent to an activating group) is 1. The molecule has 0 aromatic carbocycles. The maximum absolute atomic E-state index is 11.8. The first-order chi connectivity index (χ1) is 7.04. The van der Waals surface area contributed by atoms with Crippen LogP contribution in [0.1, 0.15) is 27.2 Å². The first-order valence-corrected chi connectivity index (χ1v) is 5.80. The number of nitrogens with one attached hydrogen (secondary N) is 1. The van der Waals surface area contributed by atoms with Crippen LogP contribution in [-0.2, 0) is 0 Å². The monoisotopic (exact) mass is 213 g/mol. The van der Waals surface area contributed by atoms with Gasteiger partial charge in [-0.05, 0) is 27.3 Å². The summed E-state index contributed by atoms with van der Waals surface area (Å²) < 4.78 is 0. The predicted octanol–water partition coefficient (Wildman–Crippen LogP) is 1.13. The molecule has 88 valence electrons. The van der Waals surface area contributed by atoms with Gasteiger partial charge in [-0.15, -0.1) is 0 Å². The van der Waals surface area contributed by atoms with E-state index in [1.54, 1.807) is 0 Å². The lowest BCUT2D eigenvalue weighted by Gasteiger charge is -2.39. The third-order valence-corrected chi connectivity index (χ3v) is 2.95. The van der Waals surface area contributed by atoms with Crippen molar-refractivity contribution in [3.8, 4) is 0 Å². The van der Waals surface area contributed by atoms with Gasteiger partial charge in [0.05, 0.1) is 0 Å². The summed E-state index contributed by atoms with van der Waals surface area (Å²) in [5.74, 6) is 0. The zero-order valence-corrected chi connectivity index (χ0v) is 10.3. The number of nitrogens with zero attached hydrogens (tertiary/aromatic N) is 2. The Kier molecular flexibility index (Phi) is 4.39. The molecule has 0 spiro atoms. The maximum atomic E-state index is 11.8. The lowest BCUT2D eigenvalue weighted by molar-refractivity contribution is 0.107. The highest BCUT2D eigenvalue weighted by molar-refractivity contribution is 5.74. The smallest absolute Gasteiger partial charge is 0.317 e. The van der Waals surface area contributed by atoms with Crippen molar-refractivity contribution in [3.05, 3.63) is 0 Å². The molecule has 1 fully saturated rings. The van der Waals surface area contributed by atoms with Gasteiger partial charge in [0.15, 0.2) is 0 Å². The van der Waals surface area contributed by atoms with Crippen LogP contribution in [0.2, 0.25) is 0 Å². The summed E-state index contributed by atoms with van der Waals surface area (Å²) in [7, 11) is 2.13. The third kappa shape index (κ3) is 3.38. The van der Waals surface area contributed by atoms with Gasteiger partial charge < -0.3 is 10.2 Å². The van der Waals surface area contributed by atoms with Crippen molar-refractivity contribution in [2.45, 2.75) is 39.3 Å². The van der Waals surface area contributed by atoms with Crippen LogP contribution in [0.15, 0.2) is 0 Å². The van der Waals surface area contributed by atoms with E-state index in [1.807, 2.05) is 18.7 Å². The van der Waals surface area contributed by atoms with Crippen LogP contribution >= 0.6 is 0 Å². The first-order valence-electron chi connectivity index (χ1n) is 5.80. The Hall–Kier alpha value is -0.770. The Morgan fingerprint density at radius 3 is 2.67 bits per heavy atom. The average Bonchev–Trinajstić information content (AvgIpc) is 2.17. The summed E-state index contributed by atoms with van der Waals surface area (Å²) in [5.41, 5.74) is 0. The fourth-order valence-corrected chi connectivity index (χ4v) is 1.91. The van der Waals surface area contributed by atoms with Crippen LogP contribution < -0.4 is 5.32 Å². The van der Waals surface area contributed by atoms with E-state index >= 15 is 0 Å². The molecule has 15 heavy (non-hydrogen) atoms. The van der Waals surface area contributed by atoms with Gasteiger partial charge in [0.2, 0.25) is 0 Å². The van der Waals surface area contributed by atoms with E-state index in [0.717, 1.165) is 26.1 Å². The topological polar surface area (TPSA) is 35.6 Å². The van der Waals surface area contributed by atoms with Crippen molar-refractivity contribution < 1.29 is 4.79 Å². The van der Waals surface area contributed by atoms with Crippen LogP contribution in [0.3, 0.4) is 0 Å². The van der Waals surface area contributed by atoms with Gasteiger partial charge in [0.25, 0.3) is 0 Å². The fourth-order valence-electron chi connectivity index (χ4n) is 1.91. The van der Waals surface area contributed by atoms with E-state index in [9.17, 15) is 4.79 Å². The van der Waals surface area contributed by atoms with Crippen LogP contribution in [0.25, 0.3) is 0 Å². The largest absolute Gasteiger partial charge is 0.336 e. The Morgan fingerprint density at radius 2 is 2.13 bits per heavy atom. The van der Waals surface area contributed by atoms with E-state index in [4.69, 9.17) is 0 Å². The van der Waals surface area contributed by atoms with Crippen molar-refractivity contribution in [2.24, 2.45) is 0 Å². The second kappa shape index (κ2) is 5.35. The normalized spacial score (nSPS) is 23.3. The van der Waals surface area contributed by atoms with Crippen LogP contribution in [-0.4, -0.2) is 54.6 Å². The van der Waals surface area contributed by atoms with E-state index in [2.05, 4.69) is 24.2 Å². The van der Waals surface area contributed by atoms with Crippen LogP contribution in [0.5, 0.6) is 0 Å². The standard InChI is InChI=1S/C11H23N3O/c1-5-10-8-14(7-6-13(10)4)11(15)12-9(2)3/h9-10H,5-8H2,1-4H3,(H,12,15). The highest BCUT2D eigenvalue weighted by atomic mass is 16.2. The molecule has 0 aliphatic carbocycles. The molecule has 1 unspecified atom stereocenters. The molecule has 1 saturated heterocycles. The highest BCUT2D eigenvalue weighted by Crippen LogP contribution is 2.10. The van der Waals surface area contributed by atoms with Crippen molar-refractivity contribution in [1.29, 1.82) is 0 Å². The van der Waals surface area contributed by atoms with Crippen molar-refractivity contribution in [3.63, 3.8) is 0 Å². The van der Waals surface area contributed by atoms with Gasteiger partial charge in [-0.1, -0.05) is 6.92 Å². The van der Waals surface area contributed by atoms with Gasteiger partial charge in [0, 0.05) is 31.7 Å². The maximum Gasteiger partial charge on any atom is 0.317 e. The second-order valence-electron chi connectivity index (χ2n) is 4.59. The third-order valence-electron chi connectivity index (χ3n) is 2.95. The Morgan fingerprint density at radius 1 is 1.47 bits per heavy atom. The number of hydrogen-bond acceptors (Lipinski definition) is 2. The molecule has 1 atom stereocenters. The van der Waals surface area contributed by atoms with E-state index in [0.29, 0.717) is 6.04 Å². The summed E-state index contributed by atoms with van der Waals surface area (Å²) in [6.07, 6.45) is 1.10. The van der Waals surface area contributed by atoms with Crippen molar-refractivity contribution in [1.82, 2.24) is 15.1 Å².